The number of halogens is 3. The van der Waals surface area contributed by atoms with E-state index in [9.17, 15) is 27.6 Å². The first-order valence-corrected chi connectivity index (χ1v) is 11.2. The van der Waals surface area contributed by atoms with Crippen LogP contribution >= 0.6 is 0 Å². The van der Waals surface area contributed by atoms with Crippen LogP contribution < -0.4 is 10.6 Å². The molecule has 2 amide bonds. The van der Waals surface area contributed by atoms with E-state index < -0.39 is 42.1 Å². The Labute approximate surface area is 200 Å². The quantitative estimate of drug-likeness (QED) is 0.474. The second-order valence-corrected chi connectivity index (χ2v) is 8.63. The Hall–Kier alpha value is -3.56. The van der Waals surface area contributed by atoms with Gasteiger partial charge in [0.15, 0.2) is 0 Å². The van der Waals surface area contributed by atoms with Crippen LogP contribution in [0.5, 0.6) is 0 Å². The van der Waals surface area contributed by atoms with Gasteiger partial charge in [-0.1, -0.05) is 61.9 Å². The van der Waals surface area contributed by atoms with Crippen LogP contribution in [0.4, 0.5) is 18.0 Å². The highest BCUT2D eigenvalue weighted by Gasteiger charge is 2.58. The SMILES string of the molecule is CCC[C@H](CC(=O)O)NC(=O)C(C)(NC(=O)OCC1c2ccccc2-c2ccccc21)C(F)(F)F. The van der Waals surface area contributed by atoms with Crippen LogP contribution in [0, 0.1) is 0 Å². The minimum atomic E-state index is -5.16. The lowest BCUT2D eigenvalue weighted by atomic mass is 9.98. The third-order valence-electron chi connectivity index (χ3n) is 6.11. The molecular formula is C25H27F3N2O5. The van der Waals surface area contributed by atoms with Gasteiger partial charge in [-0.05, 0) is 35.6 Å². The molecule has 0 bridgehead atoms. The Morgan fingerprint density at radius 1 is 1.03 bits per heavy atom. The summed E-state index contributed by atoms with van der Waals surface area (Å²) < 4.78 is 46.9. The minimum Gasteiger partial charge on any atom is -0.481 e. The number of rotatable bonds is 9. The van der Waals surface area contributed by atoms with Crippen molar-refractivity contribution in [2.24, 2.45) is 0 Å². The summed E-state index contributed by atoms with van der Waals surface area (Å²) in [5, 5.41) is 12.8. The zero-order valence-electron chi connectivity index (χ0n) is 19.3. The summed E-state index contributed by atoms with van der Waals surface area (Å²) in [6.45, 7) is 2.00. The van der Waals surface area contributed by atoms with Gasteiger partial charge in [-0.2, -0.15) is 13.2 Å². The summed E-state index contributed by atoms with van der Waals surface area (Å²) in [5.74, 6) is -3.19. The van der Waals surface area contributed by atoms with Gasteiger partial charge in [-0.15, -0.1) is 0 Å². The molecule has 2 aromatic carbocycles. The van der Waals surface area contributed by atoms with E-state index in [1.165, 1.54) is 0 Å². The number of carbonyl (C=O) groups is 3. The molecule has 0 aliphatic heterocycles. The van der Waals surface area contributed by atoms with Gasteiger partial charge in [0.05, 0.1) is 6.42 Å². The van der Waals surface area contributed by atoms with E-state index in [-0.39, 0.29) is 18.9 Å². The number of ether oxygens (including phenoxy) is 1. The fourth-order valence-electron chi connectivity index (χ4n) is 4.21. The monoisotopic (exact) mass is 492 g/mol. The molecule has 3 rings (SSSR count). The van der Waals surface area contributed by atoms with E-state index in [0.29, 0.717) is 13.3 Å². The van der Waals surface area contributed by atoms with Crippen LogP contribution in [0.25, 0.3) is 11.1 Å². The van der Waals surface area contributed by atoms with Crippen molar-refractivity contribution in [3.8, 4) is 11.1 Å². The van der Waals surface area contributed by atoms with Crippen LogP contribution in [0.3, 0.4) is 0 Å². The van der Waals surface area contributed by atoms with Gasteiger partial charge in [0.25, 0.3) is 5.91 Å². The van der Waals surface area contributed by atoms with E-state index in [4.69, 9.17) is 9.84 Å². The molecule has 2 aromatic rings. The Balaban J connectivity index is 1.74. The predicted octanol–water partition coefficient (Wildman–Crippen LogP) is 4.61. The van der Waals surface area contributed by atoms with E-state index in [1.54, 1.807) is 12.2 Å². The highest BCUT2D eigenvalue weighted by atomic mass is 19.4. The number of amides is 2. The fourth-order valence-corrected chi connectivity index (χ4v) is 4.21. The second kappa shape index (κ2) is 10.4. The van der Waals surface area contributed by atoms with Gasteiger partial charge in [0, 0.05) is 12.0 Å². The van der Waals surface area contributed by atoms with Crippen molar-refractivity contribution in [2.75, 3.05) is 6.61 Å². The zero-order valence-corrected chi connectivity index (χ0v) is 19.3. The summed E-state index contributed by atoms with van der Waals surface area (Å²) in [4.78, 5) is 36.1. The smallest absolute Gasteiger partial charge is 0.420 e. The number of carboxylic acid groups (broad SMARTS) is 1. The van der Waals surface area contributed by atoms with Gasteiger partial charge in [-0.25, -0.2) is 4.79 Å². The number of carbonyl (C=O) groups excluding carboxylic acids is 2. The van der Waals surface area contributed by atoms with Gasteiger partial charge in [0.2, 0.25) is 5.54 Å². The minimum absolute atomic E-state index is 0.164. The molecule has 2 atom stereocenters. The number of alkyl carbamates (subject to hydrolysis) is 1. The van der Waals surface area contributed by atoms with E-state index in [1.807, 2.05) is 48.5 Å². The molecule has 3 N–H and O–H groups in total. The number of benzene rings is 2. The molecule has 1 aliphatic carbocycles. The number of hydrogen-bond acceptors (Lipinski definition) is 4. The summed E-state index contributed by atoms with van der Waals surface area (Å²) in [5.41, 5.74) is 0.358. The number of aliphatic carboxylic acids is 1. The molecule has 0 heterocycles. The predicted molar refractivity (Wildman–Crippen MR) is 122 cm³/mol. The lowest BCUT2D eigenvalue weighted by Crippen LogP contribution is -2.66. The topological polar surface area (TPSA) is 105 Å². The number of carboxylic acids is 1. The largest absolute Gasteiger partial charge is 0.481 e. The van der Waals surface area contributed by atoms with Crippen molar-refractivity contribution in [1.82, 2.24) is 10.6 Å². The first-order chi connectivity index (χ1) is 16.5. The molecule has 0 aromatic heterocycles. The first kappa shape index (κ1) is 26.1. The van der Waals surface area contributed by atoms with Crippen LogP contribution in [0.1, 0.15) is 50.2 Å². The summed E-state index contributed by atoms with van der Waals surface area (Å²) in [6, 6.07) is 13.9. The van der Waals surface area contributed by atoms with Gasteiger partial charge < -0.3 is 15.2 Å². The Morgan fingerprint density at radius 2 is 1.57 bits per heavy atom. The lowest BCUT2D eigenvalue weighted by Gasteiger charge is -2.32. The van der Waals surface area contributed by atoms with Crippen molar-refractivity contribution in [1.29, 1.82) is 0 Å². The van der Waals surface area contributed by atoms with Crippen molar-refractivity contribution in [2.45, 2.75) is 56.8 Å². The lowest BCUT2D eigenvalue weighted by molar-refractivity contribution is -0.194. The third-order valence-corrected chi connectivity index (χ3v) is 6.11. The maximum atomic E-state index is 13.9. The molecule has 1 aliphatic rings. The average molecular weight is 492 g/mol. The molecule has 1 unspecified atom stereocenters. The molecule has 0 spiro atoms. The highest BCUT2D eigenvalue weighted by Crippen LogP contribution is 2.44. The highest BCUT2D eigenvalue weighted by molar-refractivity contribution is 5.91. The standard InChI is InChI=1S/C25H27F3N2O5/c1-3-8-15(13-21(31)32)29-22(33)24(2,25(26,27)28)30-23(34)35-14-20-18-11-6-4-9-16(18)17-10-5-7-12-19(17)20/h4-7,9-12,15,20H,3,8,13-14H2,1-2H3,(H,29,33)(H,30,34)(H,31,32)/t15-,24?/m1/s1. The van der Waals surface area contributed by atoms with Crippen molar-refractivity contribution >= 4 is 18.0 Å². The van der Waals surface area contributed by atoms with Crippen molar-refractivity contribution < 1.29 is 37.4 Å². The maximum Gasteiger partial charge on any atom is 0.420 e. The summed E-state index contributed by atoms with van der Waals surface area (Å²) in [7, 11) is 0. The van der Waals surface area contributed by atoms with E-state index in [2.05, 4.69) is 5.32 Å². The molecule has 188 valence electrons. The summed E-state index contributed by atoms with van der Waals surface area (Å²) >= 11 is 0. The van der Waals surface area contributed by atoms with Crippen LogP contribution in [-0.4, -0.2) is 47.4 Å². The van der Waals surface area contributed by atoms with E-state index >= 15 is 0 Å². The molecular weight excluding hydrogens is 465 g/mol. The first-order valence-electron chi connectivity index (χ1n) is 11.2. The maximum absolute atomic E-state index is 13.9. The third kappa shape index (κ3) is 5.58. The Bertz CT molecular complexity index is 1060. The van der Waals surface area contributed by atoms with Crippen molar-refractivity contribution in [3.05, 3.63) is 59.7 Å². The number of hydrogen-bond donors (Lipinski definition) is 3. The van der Waals surface area contributed by atoms with Gasteiger partial charge >= 0.3 is 18.2 Å². The van der Waals surface area contributed by atoms with Crippen LogP contribution in [-0.2, 0) is 14.3 Å². The van der Waals surface area contributed by atoms with Gasteiger partial charge in [-0.3, -0.25) is 14.9 Å². The molecule has 35 heavy (non-hydrogen) atoms. The Morgan fingerprint density at radius 3 is 2.06 bits per heavy atom. The average Bonchev–Trinajstić information content (AvgIpc) is 3.10. The molecule has 0 fully saturated rings. The molecule has 0 saturated heterocycles. The molecule has 0 saturated carbocycles. The van der Waals surface area contributed by atoms with Crippen molar-refractivity contribution in [3.63, 3.8) is 0 Å². The second-order valence-electron chi connectivity index (χ2n) is 8.63. The normalized spacial score (nSPS) is 15.3. The Kier molecular flexibility index (Phi) is 7.72. The van der Waals surface area contributed by atoms with Crippen LogP contribution in [0.15, 0.2) is 48.5 Å². The molecule has 10 heteroatoms. The molecule has 0 radical (unpaired) electrons. The van der Waals surface area contributed by atoms with E-state index in [0.717, 1.165) is 22.3 Å². The number of fused-ring (bicyclic) bond motifs is 3. The fraction of sp³-hybridized carbons (Fsp3) is 0.400. The number of nitrogens with one attached hydrogen (secondary N) is 2. The van der Waals surface area contributed by atoms with Gasteiger partial charge in [0.1, 0.15) is 6.61 Å². The summed E-state index contributed by atoms with van der Waals surface area (Å²) in [6.07, 6.45) is -6.51. The zero-order chi connectivity index (χ0) is 25.8. The molecule has 7 nitrogen and oxygen atoms in total. The number of alkyl halides is 3. The van der Waals surface area contributed by atoms with Crippen LogP contribution in [0.2, 0.25) is 0 Å².